The third-order valence-corrected chi connectivity index (χ3v) is 9.04. The molecule has 1 aromatic carbocycles. The van der Waals surface area contributed by atoms with Crippen LogP contribution >= 0.6 is 0 Å². The molecule has 2 nitrogen and oxygen atoms in total. The minimum absolute atomic E-state index is 0.0726. The van der Waals surface area contributed by atoms with Gasteiger partial charge < -0.3 is 9.27 Å². The largest absolute Gasteiger partial charge is 0.409 e. The molecule has 1 aromatic rings. The summed E-state index contributed by atoms with van der Waals surface area (Å²) >= 11 is 0. The Morgan fingerprint density at radius 3 is 2.38 bits per heavy atom. The molecule has 3 heteroatoms. The summed E-state index contributed by atoms with van der Waals surface area (Å²) in [5, 5.41) is 0.251. The van der Waals surface area contributed by atoms with Crippen molar-refractivity contribution in [2.75, 3.05) is 6.61 Å². The van der Waals surface area contributed by atoms with Crippen LogP contribution in [0.1, 0.15) is 39.2 Å². The van der Waals surface area contributed by atoms with Gasteiger partial charge in [-0.05, 0) is 30.1 Å². The van der Waals surface area contributed by atoms with Gasteiger partial charge in [0.05, 0.1) is 6.42 Å². The van der Waals surface area contributed by atoms with Crippen molar-refractivity contribution in [1.29, 1.82) is 0 Å². The second-order valence-corrected chi connectivity index (χ2v) is 11.6. The topological polar surface area (TPSA) is 13.6 Å². The molecule has 116 valence electrons. The number of hydrogen-bond donors (Lipinski definition) is 0. The summed E-state index contributed by atoms with van der Waals surface area (Å²) in [5.74, 6) is 0. The molecular formula is C18H29NOSi. The highest BCUT2D eigenvalue weighted by Gasteiger charge is 2.41. The summed E-state index contributed by atoms with van der Waals surface area (Å²) < 4.78 is 6.30. The van der Waals surface area contributed by atoms with Gasteiger partial charge in [0.1, 0.15) is 6.61 Å². The van der Waals surface area contributed by atoms with E-state index in [-0.39, 0.29) is 11.1 Å². The van der Waals surface area contributed by atoms with E-state index >= 15 is 0 Å². The average molecular weight is 304 g/mol. The van der Waals surface area contributed by atoms with Crippen LogP contribution in [0.4, 0.5) is 0 Å². The van der Waals surface area contributed by atoms with Gasteiger partial charge in [-0.2, -0.15) is 0 Å². The Balaban J connectivity index is 2.61. The van der Waals surface area contributed by atoms with E-state index in [1.807, 2.05) is 18.2 Å². The molecule has 0 saturated carbocycles. The number of benzene rings is 1. The molecule has 0 heterocycles. The Bertz CT molecular complexity index is 462. The van der Waals surface area contributed by atoms with Crippen LogP contribution in [-0.4, -0.2) is 21.0 Å². The first-order valence-corrected chi connectivity index (χ1v) is 10.8. The van der Waals surface area contributed by atoms with Crippen molar-refractivity contribution in [2.45, 2.75) is 64.2 Å². The van der Waals surface area contributed by atoms with E-state index in [0.29, 0.717) is 6.61 Å². The van der Waals surface area contributed by atoms with E-state index in [1.165, 1.54) is 18.4 Å². The van der Waals surface area contributed by atoms with Gasteiger partial charge in [0.25, 0.3) is 0 Å². The fraction of sp³-hybridized carbons (Fsp3) is 0.611. The van der Waals surface area contributed by atoms with Crippen molar-refractivity contribution in [3.63, 3.8) is 0 Å². The van der Waals surface area contributed by atoms with Crippen molar-refractivity contribution < 1.29 is 4.43 Å². The maximum absolute atomic E-state index is 7.41. The molecule has 0 aromatic heterocycles. The fourth-order valence-electron chi connectivity index (χ4n) is 2.45. The molecule has 0 amide bonds. The standard InChI is InChI=1S/C18H29NOSi/c1-7-13-18(2,3)21(5,6)20-15-17(19-4)14-16-11-9-8-10-12-16/h8-12,17H,7,13-15H2,1-3,5-6H3/t17-/m0/s1. The molecule has 0 bridgehead atoms. The van der Waals surface area contributed by atoms with E-state index in [4.69, 9.17) is 11.0 Å². The summed E-state index contributed by atoms with van der Waals surface area (Å²) in [7, 11) is -1.79. The van der Waals surface area contributed by atoms with Crippen molar-refractivity contribution in [3.8, 4) is 0 Å². The van der Waals surface area contributed by atoms with Gasteiger partial charge >= 0.3 is 0 Å². The lowest BCUT2D eigenvalue weighted by molar-refractivity contribution is 0.269. The predicted molar refractivity (Wildman–Crippen MR) is 92.9 cm³/mol. The summed E-state index contributed by atoms with van der Waals surface area (Å²) in [6.07, 6.45) is 3.15. The van der Waals surface area contributed by atoms with Gasteiger partial charge in [-0.15, -0.1) is 0 Å². The normalized spacial score (nSPS) is 13.7. The van der Waals surface area contributed by atoms with E-state index in [2.05, 4.69) is 50.8 Å². The van der Waals surface area contributed by atoms with E-state index in [0.717, 1.165) is 6.42 Å². The molecule has 1 atom stereocenters. The van der Waals surface area contributed by atoms with Crippen molar-refractivity contribution in [1.82, 2.24) is 0 Å². The first kappa shape index (κ1) is 17.9. The van der Waals surface area contributed by atoms with E-state index in [1.54, 1.807) is 0 Å². The van der Waals surface area contributed by atoms with Gasteiger partial charge in [0.2, 0.25) is 6.04 Å². The van der Waals surface area contributed by atoms with Crippen LogP contribution in [0.5, 0.6) is 0 Å². The molecule has 0 radical (unpaired) electrons. The van der Waals surface area contributed by atoms with Crippen molar-refractivity contribution in [3.05, 3.63) is 47.3 Å². The van der Waals surface area contributed by atoms with Crippen molar-refractivity contribution in [2.24, 2.45) is 0 Å². The Labute approximate surface area is 131 Å². The zero-order valence-electron chi connectivity index (χ0n) is 14.1. The lowest BCUT2D eigenvalue weighted by Gasteiger charge is -2.39. The van der Waals surface area contributed by atoms with Crippen LogP contribution in [0.15, 0.2) is 30.3 Å². The smallest absolute Gasteiger partial charge is 0.249 e. The third-order valence-electron chi connectivity index (χ3n) is 4.64. The minimum atomic E-state index is -1.79. The first-order chi connectivity index (χ1) is 9.82. The Morgan fingerprint density at radius 2 is 1.86 bits per heavy atom. The van der Waals surface area contributed by atoms with E-state index < -0.39 is 8.32 Å². The van der Waals surface area contributed by atoms with E-state index in [9.17, 15) is 0 Å². The highest BCUT2D eigenvalue weighted by molar-refractivity contribution is 6.74. The van der Waals surface area contributed by atoms with Crippen LogP contribution in [-0.2, 0) is 10.8 Å². The monoisotopic (exact) mass is 303 g/mol. The minimum Gasteiger partial charge on any atom is -0.409 e. The molecule has 0 fully saturated rings. The molecule has 1 rings (SSSR count). The number of nitrogens with zero attached hydrogens (tertiary/aromatic N) is 1. The van der Waals surface area contributed by atoms with Gasteiger partial charge in [-0.25, -0.2) is 6.57 Å². The quantitative estimate of drug-likeness (QED) is 0.468. The van der Waals surface area contributed by atoms with Crippen LogP contribution < -0.4 is 0 Å². The van der Waals surface area contributed by atoms with Crippen LogP contribution in [0, 0.1) is 6.57 Å². The van der Waals surface area contributed by atoms with Gasteiger partial charge in [0, 0.05) is 0 Å². The average Bonchev–Trinajstić information content (AvgIpc) is 2.44. The fourth-order valence-corrected chi connectivity index (χ4v) is 4.31. The molecular weight excluding hydrogens is 274 g/mol. The molecule has 0 unspecified atom stereocenters. The maximum Gasteiger partial charge on any atom is 0.249 e. The summed E-state index contributed by atoms with van der Waals surface area (Å²) in [4.78, 5) is 3.76. The van der Waals surface area contributed by atoms with Crippen LogP contribution in [0.2, 0.25) is 18.1 Å². The predicted octanol–water partition coefficient (Wildman–Crippen LogP) is 5.32. The third kappa shape index (κ3) is 5.30. The number of rotatable bonds is 8. The zero-order valence-corrected chi connectivity index (χ0v) is 15.1. The Hall–Kier alpha value is -1.11. The van der Waals surface area contributed by atoms with Crippen molar-refractivity contribution >= 4 is 8.32 Å². The molecule has 0 aliphatic heterocycles. The number of hydrogen-bond acceptors (Lipinski definition) is 1. The van der Waals surface area contributed by atoms with Gasteiger partial charge in [-0.3, -0.25) is 0 Å². The summed E-state index contributed by atoms with van der Waals surface area (Å²) in [6, 6.07) is 10.2. The second kappa shape index (κ2) is 7.77. The lowest BCUT2D eigenvalue weighted by atomic mass is 10.1. The molecule has 21 heavy (non-hydrogen) atoms. The molecule has 0 saturated heterocycles. The zero-order chi connectivity index (χ0) is 15.9. The highest BCUT2D eigenvalue weighted by atomic mass is 28.4. The molecule has 0 N–H and O–H groups in total. The van der Waals surface area contributed by atoms with Gasteiger partial charge in [-0.1, -0.05) is 57.5 Å². The van der Waals surface area contributed by atoms with Crippen LogP contribution in [0.25, 0.3) is 4.85 Å². The second-order valence-electron chi connectivity index (χ2n) is 6.93. The first-order valence-electron chi connectivity index (χ1n) is 7.87. The Kier molecular flexibility index (Phi) is 6.64. The molecule has 0 aliphatic carbocycles. The summed E-state index contributed by atoms with van der Waals surface area (Å²) in [5.41, 5.74) is 1.22. The maximum atomic E-state index is 7.41. The van der Waals surface area contributed by atoms with Gasteiger partial charge in [0.15, 0.2) is 8.32 Å². The SMILES string of the molecule is [C-]#[N+][C@H](CO[Si](C)(C)C(C)(C)CCC)Cc1ccccc1. The summed E-state index contributed by atoms with van der Waals surface area (Å²) in [6.45, 7) is 19.4. The highest BCUT2D eigenvalue weighted by Crippen LogP contribution is 2.42. The Morgan fingerprint density at radius 1 is 1.24 bits per heavy atom. The molecule has 0 aliphatic rings. The molecule has 0 spiro atoms. The van der Waals surface area contributed by atoms with Crippen LogP contribution in [0.3, 0.4) is 0 Å². The lowest BCUT2D eigenvalue weighted by Crippen LogP contribution is -2.44.